The molecule has 0 spiro atoms. The lowest BCUT2D eigenvalue weighted by atomic mass is 10.0. The van der Waals surface area contributed by atoms with E-state index in [-0.39, 0.29) is 0 Å². The zero-order valence-corrected chi connectivity index (χ0v) is 13.9. The first-order valence-electron chi connectivity index (χ1n) is 8.34. The first kappa shape index (κ1) is 15.0. The fraction of sp³-hybridized carbons (Fsp3) is 0.182. The Bertz CT molecular complexity index is 824. The van der Waals surface area contributed by atoms with Gasteiger partial charge in [0.25, 0.3) is 0 Å². The van der Waals surface area contributed by atoms with Crippen LogP contribution in [0.25, 0.3) is 11.1 Å². The average Bonchev–Trinajstić information content (AvgIpc) is 3.04. The number of nitrogens with zero attached hydrogens (tertiary/aromatic N) is 1. The molecule has 3 aromatic rings. The summed E-state index contributed by atoms with van der Waals surface area (Å²) in [6, 6.07) is 25.8. The van der Waals surface area contributed by atoms with Gasteiger partial charge in [-0.15, -0.1) is 0 Å². The maximum absolute atomic E-state index is 5.24. The molecule has 3 aromatic carbocycles. The molecular formula is C22H21NO. The topological polar surface area (TPSA) is 12.5 Å². The summed E-state index contributed by atoms with van der Waals surface area (Å²) in [6.45, 7) is 3.06. The summed E-state index contributed by atoms with van der Waals surface area (Å²) in [6.07, 6.45) is 0. The average molecular weight is 315 g/mol. The molecule has 1 aliphatic rings. The molecular weight excluding hydrogens is 294 g/mol. The van der Waals surface area contributed by atoms with E-state index in [4.69, 9.17) is 4.74 Å². The number of methoxy groups -OCH3 is 1. The third-order valence-corrected chi connectivity index (χ3v) is 4.67. The summed E-state index contributed by atoms with van der Waals surface area (Å²) in [5, 5.41) is 0. The molecule has 2 nitrogen and oxygen atoms in total. The smallest absolute Gasteiger partial charge is 0.118 e. The SMILES string of the molecule is COc1ccc(-c2ccc3c(c2)CN(Cc2ccccc2)C3)cc1. The van der Waals surface area contributed by atoms with Gasteiger partial charge in [-0.2, -0.15) is 0 Å². The molecule has 1 heterocycles. The zero-order valence-electron chi connectivity index (χ0n) is 13.9. The monoisotopic (exact) mass is 315 g/mol. The maximum atomic E-state index is 5.24. The minimum atomic E-state index is 0.897. The van der Waals surface area contributed by atoms with Crippen molar-refractivity contribution < 1.29 is 4.74 Å². The van der Waals surface area contributed by atoms with Gasteiger partial charge in [-0.25, -0.2) is 0 Å². The van der Waals surface area contributed by atoms with Gasteiger partial charge in [-0.3, -0.25) is 4.90 Å². The fourth-order valence-corrected chi connectivity index (χ4v) is 3.38. The van der Waals surface area contributed by atoms with Gasteiger partial charge in [0.15, 0.2) is 0 Å². The molecule has 1 aliphatic heterocycles. The van der Waals surface area contributed by atoms with Gasteiger partial charge in [-0.05, 0) is 46.0 Å². The minimum Gasteiger partial charge on any atom is -0.497 e. The van der Waals surface area contributed by atoms with Crippen LogP contribution in [-0.4, -0.2) is 12.0 Å². The number of hydrogen-bond acceptors (Lipinski definition) is 2. The molecule has 0 saturated heterocycles. The summed E-state index contributed by atoms with van der Waals surface area (Å²) in [4.78, 5) is 2.50. The molecule has 0 amide bonds. The van der Waals surface area contributed by atoms with Crippen molar-refractivity contribution in [3.05, 3.63) is 89.5 Å². The van der Waals surface area contributed by atoms with Crippen LogP contribution in [0.1, 0.15) is 16.7 Å². The number of hydrogen-bond donors (Lipinski definition) is 0. The molecule has 0 aliphatic carbocycles. The van der Waals surface area contributed by atoms with Gasteiger partial charge >= 0.3 is 0 Å². The highest BCUT2D eigenvalue weighted by Gasteiger charge is 2.19. The lowest BCUT2D eigenvalue weighted by molar-refractivity contribution is 0.275. The van der Waals surface area contributed by atoms with Crippen molar-refractivity contribution in [1.29, 1.82) is 0 Å². The lowest BCUT2D eigenvalue weighted by Gasteiger charge is -2.14. The largest absolute Gasteiger partial charge is 0.497 e. The Balaban J connectivity index is 1.52. The van der Waals surface area contributed by atoms with Crippen LogP contribution < -0.4 is 4.74 Å². The van der Waals surface area contributed by atoms with Crippen molar-refractivity contribution >= 4 is 0 Å². The maximum Gasteiger partial charge on any atom is 0.118 e. The van der Waals surface area contributed by atoms with Crippen molar-refractivity contribution in [3.63, 3.8) is 0 Å². The first-order valence-corrected chi connectivity index (χ1v) is 8.34. The van der Waals surface area contributed by atoms with Crippen molar-refractivity contribution in [3.8, 4) is 16.9 Å². The molecule has 0 atom stereocenters. The second kappa shape index (κ2) is 6.50. The quantitative estimate of drug-likeness (QED) is 0.680. The van der Waals surface area contributed by atoms with Gasteiger partial charge in [0, 0.05) is 19.6 Å². The Morgan fingerprint density at radius 3 is 2.25 bits per heavy atom. The summed E-state index contributed by atoms with van der Waals surface area (Å²) in [5.41, 5.74) is 6.78. The number of fused-ring (bicyclic) bond motifs is 1. The van der Waals surface area contributed by atoms with Gasteiger partial charge < -0.3 is 4.74 Å². The second-order valence-electron chi connectivity index (χ2n) is 6.34. The van der Waals surface area contributed by atoms with Gasteiger partial charge in [0.05, 0.1) is 7.11 Å². The van der Waals surface area contributed by atoms with E-state index in [1.807, 2.05) is 12.1 Å². The van der Waals surface area contributed by atoms with E-state index >= 15 is 0 Å². The Morgan fingerprint density at radius 1 is 0.792 bits per heavy atom. The fourth-order valence-electron chi connectivity index (χ4n) is 3.38. The van der Waals surface area contributed by atoms with E-state index < -0.39 is 0 Å². The molecule has 24 heavy (non-hydrogen) atoms. The predicted molar refractivity (Wildman–Crippen MR) is 97.8 cm³/mol. The molecule has 4 rings (SSSR count). The molecule has 0 aromatic heterocycles. The van der Waals surface area contributed by atoms with E-state index in [2.05, 4.69) is 65.6 Å². The normalized spacial score (nSPS) is 13.7. The molecule has 0 fully saturated rings. The summed E-state index contributed by atoms with van der Waals surface area (Å²) in [7, 11) is 1.70. The molecule has 0 unspecified atom stereocenters. The summed E-state index contributed by atoms with van der Waals surface area (Å²) < 4.78 is 5.24. The van der Waals surface area contributed by atoms with Crippen molar-refractivity contribution in [1.82, 2.24) is 4.90 Å². The van der Waals surface area contributed by atoms with Crippen LogP contribution in [0.4, 0.5) is 0 Å². The molecule has 2 heteroatoms. The highest BCUT2D eigenvalue weighted by molar-refractivity contribution is 5.66. The highest BCUT2D eigenvalue weighted by Crippen LogP contribution is 2.30. The second-order valence-corrected chi connectivity index (χ2v) is 6.34. The summed E-state index contributed by atoms with van der Waals surface area (Å²) >= 11 is 0. The van der Waals surface area contributed by atoms with Crippen LogP contribution in [0.5, 0.6) is 5.75 Å². The van der Waals surface area contributed by atoms with Gasteiger partial charge in [0.1, 0.15) is 5.75 Å². The van der Waals surface area contributed by atoms with Crippen LogP contribution in [0.3, 0.4) is 0 Å². The third kappa shape index (κ3) is 3.06. The Hall–Kier alpha value is -2.58. The van der Waals surface area contributed by atoms with Crippen LogP contribution in [-0.2, 0) is 19.6 Å². The lowest BCUT2D eigenvalue weighted by Crippen LogP contribution is -2.15. The number of ether oxygens (including phenoxy) is 1. The molecule has 0 saturated carbocycles. The Morgan fingerprint density at radius 2 is 1.50 bits per heavy atom. The van der Waals surface area contributed by atoms with Gasteiger partial charge in [-0.1, -0.05) is 54.6 Å². The summed E-state index contributed by atoms with van der Waals surface area (Å²) in [5.74, 6) is 0.897. The minimum absolute atomic E-state index is 0.897. The van der Waals surface area contributed by atoms with Crippen LogP contribution in [0.2, 0.25) is 0 Å². The van der Waals surface area contributed by atoms with E-state index in [0.717, 1.165) is 25.4 Å². The van der Waals surface area contributed by atoms with E-state index in [0.29, 0.717) is 0 Å². The third-order valence-electron chi connectivity index (χ3n) is 4.67. The number of benzene rings is 3. The molecule has 0 bridgehead atoms. The molecule has 0 N–H and O–H groups in total. The van der Waals surface area contributed by atoms with Crippen molar-refractivity contribution in [2.75, 3.05) is 7.11 Å². The van der Waals surface area contributed by atoms with Crippen LogP contribution in [0, 0.1) is 0 Å². The first-order chi connectivity index (χ1) is 11.8. The van der Waals surface area contributed by atoms with Gasteiger partial charge in [0.2, 0.25) is 0 Å². The van der Waals surface area contributed by atoms with E-state index in [1.54, 1.807) is 7.11 Å². The zero-order chi connectivity index (χ0) is 16.4. The Labute approximate surface area is 143 Å². The highest BCUT2D eigenvalue weighted by atomic mass is 16.5. The number of rotatable bonds is 4. The van der Waals surface area contributed by atoms with E-state index in [1.165, 1.54) is 27.8 Å². The Kier molecular flexibility index (Phi) is 4.06. The predicted octanol–water partition coefficient (Wildman–Crippen LogP) is 4.88. The standard InChI is InChI=1S/C22H21NO/c1-24-22-11-9-18(10-12-22)19-7-8-20-15-23(16-21(20)13-19)14-17-5-3-2-4-6-17/h2-13H,14-16H2,1H3. The molecule has 0 radical (unpaired) electrons. The van der Waals surface area contributed by atoms with Crippen LogP contribution >= 0.6 is 0 Å². The van der Waals surface area contributed by atoms with Crippen LogP contribution in [0.15, 0.2) is 72.8 Å². The molecule has 120 valence electrons. The van der Waals surface area contributed by atoms with Crippen molar-refractivity contribution in [2.45, 2.75) is 19.6 Å². The van der Waals surface area contributed by atoms with E-state index in [9.17, 15) is 0 Å². The van der Waals surface area contributed by atoms with Crippen molar-refractivity contribution in [2.24, 2.45) is 0 Å².